The zero-order valence-electron chi connectivity index (χ0n) is 14.4. The summed E-state index contributed by atoms with van der Waals surface area (Å²) in [5.41, 5.74) is 0.720. The Kier molecular flexibility index (Phi) is 5.40. The van der Waals surface area contributed by atoms with Crippen molar-refractivity contribution in [2.45, 2.75) is 18.6 Å². The summed E-state index contributed by atoms with van der Waals surface area (Å²) in [7, 11) is 0. The molecule has 0 bridgehead atoms. The zero-order valence-corrected chi connectivity index (χ0v) is 15.1. The molecule has 0 spiro atoms. The summed E-state index contributed by atoms with van der Waals surface area (Å²) in [6.07, 6.45) is 1.54. The molecule has 0 aromatic heterocycles. The van der Waals surface area contributed by atoms with Crippen LogP contribution in [0.2, 0.25) is 5.02 Å². The van der Waals surface area contributed by atoms with Crippen molar-refractivity contribution in [3.63, 3.8) is 0 Å². The first kappa shape index (κ1) is 18.2. The number of aliphatic imine (C=N–C) groups is 1. The minimum Gasteiger partial charge on any atom is -0.506 e. The van der Waals surface area contributed by atoms with E-state index in [0.717, 1.165) is 11.1 Å². The van der Waals surface area contributed by atoms with Crippen molar-refractivity contribution in [1.29, 1.82) is 0 Å². The second kappa shape index (κ2) is 7.73. The Morgan fingerprint density at radius 3 is 1.96 bits per heavy atom. The molecule has 0 aliphatic rings. The molecule has 3 rings (SSSR count). The summed E-state index contributed by atoms with van der Waals surface area (Å²) in [5, 5.41) is 22.0. The quantitative estimate of drug-likeness (QED) is 0.639. The number of phenolic OH excluding ortho intramolecular Hbond substituents is 1. The van der Waals surface area contributed by atoms with E-state index in [1.807, 2.05) is 67.6 Å². The first-order valence-corrected chi connectivity index (χ1v) is 8.75. The van der Waals surface area contributed by atoms with E-state index < -0.39 is 11.6 Å². The van der Waals surface area contributed by atoms with Crippen molar-refractivity contribution < 1.29 is 10.2 Å². The Hall–Kier alpha value is -2.62. The normalized spacial score (nSPS) is 13.0. The van der Waals surface area contributed by atoms with Gasteiger partial charge < -0.3 is 10.2 Å². The number of phenols is 1. The molecule has 0 saturated carbocycles. The van der Waals surface area contributed by atoms with Gasteiger partial charge >= 0.3 is 0 Å². The molecule has 0 unspecified atom stereocenters. The number of nitrogens with zero attached hydrogens (tertiary/aromatic N) is 1. The van der Waals surface area contributed by atoms with E-state index in [0.29, 0.717) is 5.56 Å². The Morgan fingerprint density at radius 1 is 0.885 bits per heavy atom. The molecule has 0 saturated heterocycles. The number of rotatable bonds is 5. The monoisotopic (exact) mass is 365 g/mol. The molecular formula is C22H20ClNO2. The summed E-state index contributed by atoms with van der Waals surface area (Å²) in [6.45, 7) is 1.85. The third kappa shape index (κ3) is 3.50. The standard InChI is InChI=1S/C22H20ClNO2/c1-16(24-15-17-9-8-14-20(23)21(17)25)22(26,18-10-4-2-5-11-18)19-12-6-3-7-13-19/h2-16,25-26H,1H3/t16-/m1/s1. The van der Waals surface area contributed by atoms with Gasteiger partial charge in [-0.2, -0.15) is 0 Å². The molecule has 0 aliphatic heterocycles. The minimum absolute atomic E-state index is 0.0203. The predicted octanol–water partition coefficient (Wildman–Crippen LogP) is 4.79. The molecule has 4 heteroatoms. The van der Waals surface area contributed by atoms with Gasteiger partial charge in [0.25, 0.3) is 0 Å². The van der Waals surface area contributed by atoms with Crippen LogP contribution in [-0.4, -0.2) is 22.5 Å². The molecule has 3 aromatic carbocycles. The van der Waals surface area contributed by atoms with Crippen LogP contribution in [-0.2, 0) is 5.60 Å². The molecule has 3 aromatic rings. The van der Waals surface area contributed by atoms with Crippen molar-refractivity contribution >= 4 is 17.8 Å². The molecule has 1 atom stereocenters. The van der Waals surface area contributed by atoms with E-state index in [-0.39, 0.29) is 10.8 Å². The molecule has 0 amide bonds. The smallest absolute Gasteiger partial charge is 0.142 e. The third-order valence-corrected chi connectivity index (χ3v) is 4.79. The molecule has 0 radical (unpaired) electrons. The highest BCUT2D eigenvalue weighted by Crippen LogP contribution is 2.35. The fraction of sp³-hybridized carbons (Fsp3) is 0.136. The molecule has 2 N–H and O–H groups in total. The number of hydrogen-bond acceptors (Lipinski definition) is 3. The van der Waals surface area contributed by atoms with E-state index in [9.17, 15) is 10.2 Å². The van der Waals surface area contributed by atoms with Gasteiger partial charge in [0.05, 0.1) is 11.1 Å². The van der Waals surface area contributed by atoms with Crippen LogP contribution < -0.4 is 0 Å². The largest absolute Gasteiger partial charge is 0.506 e. The first-order chi connectivity index (χ1) is 12.5. The van der Waals surface area contributed by atoms with Gasteiger partial charge in [-0.1, -0.05) is 78.3 Å². The Labute approximate surface area is 158 Å². The second-order valence-electron chi connectivity index (χ2n) is 6.13. The molecule has 0 fully saturated rings. The maximum atomic E-state index is 11.6. The molecule has 0 heterocycles. The number of benzene rings is 3. The molecule has 0 aliphatic carbocycles. The van der Waals surface area contributed by atoms with Gasteiger partial charge in [-0.15, -0.1) is 0 Å². The van der Waals surface area contributed by atoms with E-state index in [1.54, 1.807) is 24.4 Å². The highest BCUT2D eigenvalue weighted by molar-refractivity contribution is 6.32. The van der Waals surface area contributed by atoms with Gasteiger partial charge in [0.1, 0.15) is 11.4 Å². The maximum absolute atomic E-state index is 11.6. The van der Waals surface area contributed by atoms with Crippen LogP contribution in [0.25, 0.3) is 0 Å². The van der Waals surface area contributed by atoms with Gasteiger partial charge in [0, 0.05) is 11.8 Å². The average molecular weight is 366 g/mol. The van der Waals surface area contributed by atoms with Gasteiger partial charge in [-0.25, -0.2) is 0 Å². The lowest BCUT2D eigenvalue weighted by Gasteiger charge is -2.33. The van der Waals surface area contributed by atoms with Crippen molar-refractivity contribution in [2.75, 3.05) is 0 Å². The highest BCUT2D eigenvalue weighted by Gasteiger charge is 2.37. The lowest BCUT2D eigenvalue weighted by Crippen LogP contribution is -2.38. The highest BCUT2D eigenvalue weighted by atomic mass is 35.5. The van der Waals surface area contributed by atoms with Gasteiger partial charge in [-0.3, -0.25) is 4.99 Å². The van der Waals surface area contributed by atoms with Gasteiger partial charge in [0.2, 0.25) is 0 Å². The van der Waals surface area contributed by atoms with Crippen LogP contribution in [0.1, 0.15) is 23.6 Å². The Morgan fingerprint density at radius 2 is 1.42 bits per heavy atom. The molecular weight excluding hydrogens is 346 g/mol. The van der Waals surface area contributed by atoms with E-state index in [4.69, 9.17) is 11.6 Å². The molecule has 132 valence electrons. The van der Waals surface area contributed by atoms with Crippen LogP contribution in [0.15, 0.2) is 83.9 Å². The molecule has 26 heavy (non-hydrogen) atoms. The summed E-state index contributed by atoms with van der Waals surface area (Å²) in [4.78, 5) is 4.53. The number of aromatic hydroxyl groups is 1. The van der Waals surface area contributed by atoms with Crippen molar-refractivity contribution in [1.82, 2.24) is 0 Å². The van der Waals surface area contributed by atoms with Crippen LogP contribution in [0.3, 0.4) is 0 Å². The number of para-hydroxylation sites is 1. The van der Waals surface area contributed by atoms with E-state index in [2.05, 4.69) is 4.99 Å². The van der Waals surface area contributed by atoms with Crippen LogP contribution >= 0.6 is 11.6 Å². The maximum Gasteiger partial charge on any atom is 0.142 e. The fourth-order valence-corrected chi connectivity index (χ4v) is 3.15. The number of aliphatic hydroxyl groups is 1. The number of hydrogen-bond donors (Lipinski definition) is 2. The Bertz CT molecular complexity index is 855. The summed E-state index contributed by atoms with van der Waals surface area (Å²) < 4.78 is 0. The SMILES string of the molecule is C[C@@H](N=Cc1cccc(Cl)c1O)C(O)(c1ccccc1)c1ccccc1. The fourth-order valence-electron chi connectivity index (χ4n) is 2.97. The summed E-state index contributed by atoms with van der Waals surface area (Å²) in [5.74, 6) is -0.0203. The average Bonchev–Trinajstić information content (AvgIpc) is 2.69. The van der Waals surface area contributed by atoms with E-state index >= 15 is 0 Å². The lowest BCUT2D eigenvalue weighted by atomic mass is 9.81. The van der Waals surface area contributed by atoms with Gasteiger partial charge in [0.15, 0.2) is 0 Å². The van der Waals surface area contributed by atoms with Crippen molar-refractivity contribution in [3.8, 4) is 5.75 Å². The number of halogens is 1. The molecule has 3 nitrogen and oxygen atoms in total. The van der Waals surface area contributed by atoms with Crippen LogP contribution in [0.5, 0.6) is 5.75 Å². The second-order valence-corrected chi connectivity index (χ2v) is 6.54. The topological polar surface area (TPSA) is 52.8 Å². The third-order valence-electron chi connectivity index (χ3n) is 4.49. The van der Waals surface area contributed by atoms with Gasteiger partial charge in [-0.05, 0) is 30.2 Å². The van der Waals surface area contributed by atoms with Crippen LogP contribution in [0.4, 0.5) is 0 Å². The van der Waals surface area contributed by atoms with Crippen molar-refractivity contribution in [2.24, 2.45) is 4.99 Å². The van der Waals surface area contributed by atoms with E-state index in [1.165, 1.54) is 0 Å². The van der Waals surface area contributed by atoms with Crippen molar-refractivity contribution in [3.05, 3.63) is 101 Å². The zero-order chi connectivity index (χ0) is 18.6. The lowest BCUT2D eigenvalue weighted by molar-refractivity contribution is 0.0589. The summed E-state index contributed by atoms with van der Waals surface area (Å²) >= 11 is 5.95. The first-order valence-electron chi connectivity index (χ1n) is 8.37. The minimum atomic E-state index is -1.30. The van der Waals surface area contributed by atoms with Crippen LogP contribution in [0, 0.1) is 0 Å². The Balaban J connectivity index is 2.02. The predicted molar refractivity (Wildman–Crippen MR) is 106 cm³/mol. The summed E-state index contributed by atoms with van der Waals surface area (Å²) in [6, 6.07) is 23.5.